The molecule has 7 nitrogen and oxygen atoms in total. The highest BCUT2D eigenvalue weighted by Crippen LogP contribution is 2.21. The van der Waals surface area contributed by atoms with E-state index >= 15 is 0 Å². The van der Waals surface area contributed by atoms with Crippen molar-refractivity contribution in [1.82, 2.24) is 9.29 Å². The van der Waals surface area contributed by atoms with Crippen LogP contribution in [0.5, 0.6) is 5.75 Å². The molecular weight excluding hydrogens is 364 g/mol. The summed E-state index contributed by atoms with van der Waals surface area (Å²) in [6, 6.07) is 10.8. The van der Waals surface area contributed by atoms with E-state index in [0.717, 1.165) is 36.3 Å². The first-order valence-electron chi connectivity index (χ1n) is 8.91. The quantitative estimate of drug-likeness (QED) is 0.607. The van der Waals surface area contributed by atoms with Gasteiger partial charge in [-0.05, 0) is 44.0 Å². The van der Waals surface area contributed by atoms with Crippen LogP contribution < -0.4 is 10.2 Å². The van der Waals surface area contributed by atoms with Gasteiger partial charge in [0, 0.05) is 24.8 Å². The Balaban J connectivity index is 1.70. The minimum absolute atomic E-state index is 0.212. The first-order valence-corrected chi connectivity index (χ1v) is 10.4. The summed E-state index contributed by atoms with van der Waals surface area (Å²) in [7, 11) is -1.85. The molecule has 0 atom stereocenters. The van der Waals surface area contributed by atoms with E-state index in [1.165, 1.54) is 10.5 Å². The third-order valence-corrected chi connectivity index (χ3v) is 6.40. The molecule has 3 rings (SSSR count). The minimum Gasteiger partial charge on any atom is -0.497 e. The number of rotatable bonds is 6. The van der Waals surface area contributed by atoms with Gasteiger partial charge in [-0.2, -0.15) is 9.41 Å². The molecule has 0 unspecified atom stereocenters. The van der Waals surface area contributed by atoms with Crippen molar-refractivity contribution in [2.75, 3.05) is 25.6 Å². The number of nitrogens with one attached hydrogen (secondary N) is 1. The predicted molar refractivity (Wildman–Crippen MR) is 106 cm³/mol. The van der Waals surface area contributed by atoms with Gasteiger partial charge in [0.1, 0.15) is 16.5 Å². The maximum atomic E-state index is 12.6. The number of methoxy groups -OCH3 is 1. The van der Waals surface area contributed by atoms with Crippen LogP contribution in [0, 0.1) is 0 Å². The number of benzene rings is 1. The van der Waals surface area contributed by atoms with E-state index < -0.39 is 10.0 Å². The van der Waals surface area contributed by atoms with E-state index in [4.69, 9.17) is 4.74 Å². The van der Waals surface area contributed by atoms with Gasteiger partial charge in [-0.1, -0.05) is 18.6 Å². The fraction of sp³-hybridized carbons (Fsp3) is 0.368. The van der Waals surface area contributed by atoms with Gasteiger partial charge in [-0.3, -0.25) is 5.43 Å². The van der Waals surface area contributed by atoms with Gasteiger partial charge in [-0.15, -0.1) is 0 Å². The lowest BCUT2D eigenvalue weighted by Crippen LogP contribution is -2.35. The zero-order valence-electron chi connectivity index (χ0n) is 15.6. The van der Waals surface area contributed by atoms with E-state index in [2.05, 4.69) is 15.5 Å². The molecule has 1 fully saturated rings. The van der Waals surface area contributed by atoms with Gasteiger partial charge < -0.3 is 4.74 Å². The lowest BCUT2D eigenvalue weighted by molar-refractivity contribution is 0.346. The molecule has 0 spiro atoms. The average Bonchev–Trinajstić information content (AvgIpc) is 2.73. The molecule has 8 heteroatoms. The second-order valence-corrected chi connectivity index (χ2v) is 8.32. The summed E-state index contributed by atoms with van der Waals surface area (Å²) in [4.78, 5) is 4.40. The van der Waals surface area contributed by atoms with Gasteiger partial charge >= 0.3 is 0 Å². The summed E-state index contributed by atoms with van der Waals surface area (Å²) in [5.41, 5.74) is 4.55. The van der Waals surface area contributed by atoms with Crippen molar-refractivity contribution in [2.45, 2.75) is 31.1 Å². The molecule has 0 saturated carbocycles. The Kier molecular flexibility index (Phi) is 6.08. The monoisotopic (exact) mass is 388 g/mol. The molecule has 1 aromatic heterocycles. The molecule has 1 N–H and O–H groups in total. The SMILES string of the molecule is COc1cccc(/C(C)=N\Nc2ccc(S(=O)(=O)N3CCCCC3)cn2)c1. The summed E-state index contributed by atoms with van der Waals surface area (Å²) in [5, 5.41) is 4.31. The summed E-state index contributed by atoms with van der Waals surface area (Å²) in [6.07, 6.45) is 4.27. The van der Waals surface area contributed by atoms with Crippen LogP contribution in [0.25, 0.3) is 0 Å². The van der Waals surface area contributed by atoms with Crippen LogP contribution in [0.1, 0.15) is 31.7 Å². The van der Waals surface area contributed by atoms with Crippen LogP contribution in [0.2, 0.25) is 0 Å². The topological polar surface area (TPSA) is 83.9 Å². The number of pyridine rings is 1. The second-order valence-electron chi connectivity index (χ2n) is 6.38. The Bertz CT molecular complexity index is 905. The van der Waals surface area contributed by atoms with Crippen molar-refractivity contribution in [1.29, 1.82) is 0 Å². The van der Waals surface area contributed by atoms with E-state index in [9.17, 15) is 8.42 Å². The Hall–Kier alpha value is -2.45. The normalized spacial score (nSPS) is 16.1. The van der Waals surface area contributed by atoms with Crippen LogP contribution in [-0.2, 0) is 10.0 Å². The molecular formula is C19H24N4O3S. The van der Waals surface area contributed by atoms with Crippen molar-refractivity contribution >= 4 is 21.6 Å². The van der Waals surface area contributed by atoms with Crippen molar-refractivity contribution in [3.63, 3.8) is 0 Å². The zero-order chi connectivity index (χ0) is 19.3. The van der Waals surface area contributed by atoms with Crippen LogP contribution >= 0.6 is 0 Å². The molecule has 0 bridgehead atoms. The number of aromatic nitrogens is 1. The number of nitrogens with zero attached hydrogens (tertiary/aromatic N) is 3. The number of hydrogen-bond donors (Lipinski definition) is 1. The van der Waals surface area contributed by atoms with Crippen molar-refractivity contribution in [3.8, 4) is 5.75 Å². The van der Waals surface area contributed by atoms with Crippen LogP contribution in [0.4, 0.5) is 5.82 Å². The third kappa shape index (κ3) is 4.64. The van der Waals surface area contributed by atoms with Crippen molar-refractivity contribution in [3.05, 3.63) is 48.2 Å². The van der Waals surface area contributed by atoms with Gasteiger partial charge in [0.25, 0.3) is 0 Å². The fourth-order valence-electron chi connectivity index (χ4n) is 2.91. The first-order chi connectivity index (χ1) is 13.0. The molecule has 1 saturated heterocycles. The Labute approximate surface area is 160 Å². The summed E-state index contributed by atoms with van der Waals surface area (Å²) < 4.78 is 32.0. The van der Waals surface area contributed by atoms with E-state index in [-0.39, 0.29) is 4.90 Å². The molecule has 1 aliphatic rings. The molecule has 2 heterocycles. The maximum absolute atomic E-state index is 12.6. The summed E-state index contributed by atoms with van der Waals surface area (Å²) in [5.74, 6) is 1.24. The van der Waals surface area contributed by atoms with Crippen molar-refractivity contribution < 1.29 is 13.2 Å². The lowest BCUT2D eigenvalue weighted by Gasteiger charge is -2.25. The highest BCUT2D eigenvalue weighted by molar-refractivity contribution is 7.89. The summed E-state index contributed by atoms with van der Waals surface area (Å²) >= 11 is 0. The number of piperidine rings is 1. The second kappa shape index (κ2) is 8.49. The smallest absolute Gasteiger partial charge is 0.244 e. The van der Waals surface area contributed by atoms with E-state index in [1.807, 2.05) is 31.2 Å². The molecule has 27 heavy (non-hydrogen) atoms. The lowest BCUT2D eigenvalue weighted by atomic mass is 10.1. The fourth-order valence-corrected chi connectivity index (χ4v) is 4.37. The predicted octanol–water partition coefficient (Wildman–Crippen LogP) is 3.10. The molecule has 0 amide bonds. The Morgan fingerprint density at radius 1 is 1.19 bits per heavy atom. The number of sulfonamides is 1. The highest BCUT2D eigenvalue weighted by atomic mass is 32.2. The molecule has 1 aliphatic heterocycles. The number of anilines is 1. The van der Waals surface area contributed by atoms with Gasteiger partial charge in [0.2, 0.25) is 10.0 Å². The molecule has 0 radical (unpaired) electrons. The zero-order valence-corrected chi connectivity index (χ0v) is 16.4. The number of hydrazone groups is 1. The van der Waals surface area contributed by atoms with Crippen LogP contribution in [0.15, 0.2) is 52.6 Å². The number of hydrogen-bond acceptors (Lipinski definition) is 6. The van der Waals surface area contributed by atoms with Crippen LogP contribution in [-0.4, -0.2) is 43.6 Å². The molecule has 1 aromatic carbocycles. The van der Waals surface area contributed by atoms with Crippen molar-refractivity contribution in [2.24, 2.45) is 5.10 Å². The van der Waals surface area contributed by atoms with Crippen LogP contribution in [0.3, 0.4) is 0 Å². The van der Waals surface area contributed by atoms with Gasteiger partial charge in [-0.25, -0.2) is 13.4 Å². The molecule has 2 aromatic rings. The third-order valence-electron chi connectivity index (χ3n) is 4.51. The Morgan fingerprint density at radius 3 is 2.63 bits per heavy atom. The number of ether oxygens (including phenoxy) is 1. The average molecular weight is 388 g/mol. The molecule has 0 aliphatic carbocycles. The largest absolute Gasteiger partial charge is 0.497 e. The van der Waals surface area contributed by atoms with Gasteiger partial charge in [0.05, 0.1) is 12.8 Å². The molecule has 144 valence electrons. The van der Waals surface area contributed by atoms with Gasteiger partial charge in [0.15, 0.2) is 0 Å². The highest BCUT2D eigenvalue weighted by Gasteiger charge is 2.26. The summed E-state index contributed by atoms with van der Waals surface area (Å²) in [6.45, 7) is 3.02. The van der Waals surface area contributed by atoms with E-state index in [0.29, 0.717) is 18.9 Å². The minimum atomic E-state index is -3.47. The standard InChI is InChI=1S/C19H24N4O3S/c1-15(16-7-6-8-17(13-16)26-2)21-22-19-10-9-18(14-20-19)27(24,25)23-11-4-3-5-12-23/h6-10,13-14H,3-5,11-12H2,1-2H3,(H,20,22)/b21-15-. The first kappa shape index (κ1) is 19.3. The maximum Gasteiger partial charge on any atom is 0.244 e. The van der Waals surface area contributed by atoms with E-state index in [1.54, 1.807) is 19.2 Å². The Morgan fingerprint density at radius 2 is 1.96 bits per heavy atom.